The fraction of sp³-hybridized carbons (Fsp3) is 0.333. The first-order valence-corrected chi connectivity index (χ1v) is 6.21. The molecule has 4 nitrogen and oxygen atoms in total. The summed E-state index contributed by atoms with van der Waals surface area (Å²) in [7, 11) is 1.67. The fourth-order valence-electron chi connectivity index (χ4n) is 1.15. The molecular formula is C12H13IN2O2. The van der Waals surface area contributed by atoms with Crippen molar-refractivity contribution in [1.29, 1.82) is 5.26 Å². The molecule has 1 amide bonds. The van der Waals surface area contributed by atoms with Crippen LogP contribution in [0.1, 0.15) is 6.42 Å². The topological polar surface area (TPSA) is 53.3 Å². The van der Waals surface area contributed by atoms with E-state index in [1.54, 1.807) is 7.05 Å². The summed E-state index contributed by atoms with van der Waals surface area (Å²) < 4.78 is 6.39. The minimum Gasteiger partial charge on any atom is -0.483 e. The van der Waals surface area contributed by atoms with Gasteiger partial charge in [0.25, 0.3) is 5.91 Å². The molecule has 0 saturated carbocycles. The predicted octanol–water partition coefficient (Wildman–Crippen LogP) is 2.04. The number of benzene rings is 1. The molecule has 1 aromatic carbocycles. The van der Waals surface area contributed by atoms with E-state index in [1.165, 1.54) is 4.90 Å². The standard InChI is InChI=1S/C12H13IN2O2/c1-15(8-4-7-14)12(16)9-17-11-6-3-2-5-10(11)13/h2-3,5-6H,4,8-9H2,1H3. The van der Waals surface area contributed by atoms with E-state index in [0.29, 0.717) is 18.7 Å². The molecule has 0 saturated heterocycles. The number of rotatable bonds is 5. The van der Waals surface area contributed by atoms with Crippen molar-refractivity contribution >= 4 is 28.5 Å². The highest BCUT2D eigenvalue weighted by Crippen LogP contribution is 2.19. The number of hydrogen-bond donors (Lipinski definition) is 0. The Bertz CT molecular complexity index is 429. The van der Waals surface area contributed by atoms with Gasteiger partial charge in [-0.25, -0.2) is 0 Å². The van der Waals surface area contributed by atoms with Gasteiger partial charge >= 0.3 is 0 Å². The van der Waals surface area contributed by atoms with E-state index in [0.717, 1.165) is 3.57 Å². The Balaban J connectivity index is 2.43. The van der Waals surface area contributed by atoms with Crippen molar-refractivity contribution in [3.05, 3.63) is 27.8 Å². The predicted molar refractivity (Wildman–Crippen MR) is 72.5 cm³/mol. The molecule has 0 spiro atoms. The molecule has 5 heteroatoms. The first-order chi connectivity index (χ1) is 8.15. The highest BCUT2D eigenvalue weighted by atomic mass is 127. The molecule has 0 heterocycles. The molecule has 0 aliphatic carbocycles. The number of likely N-dealkylation sites (N-methyl/N-ethyl adjacent to an activating group) is 1. The summed E-state index contributed by atoms with van der Waals surface area (Å²) in [5, 5.41) is 8.42. The average molecular weight is 344 g/mol. The number of hydrogen-bond acceptors (Lipinski definition) is 3. The Morgan fingerprint density at radius 1 is 1.53 bits per heavy atom. The van der Waals surface area contributed by atoms with Crippen molar-refractivity contribution < 1.29 is 9.53 Å². The molecule has 1 aromatic rings. The largest absolute Gasteiger partial charge is 0.483 e. The Morgan fingerprint density at radius 3 is 2.88 bits per heavy atom. The lowest BCUT2D eigenvalue weighted by molar-refractivity contribution is -0.132. The van der Waals surface area contributed by atoms with Gasteiger partial charge in [0.05, 0.1) is 16.1 Å². The molecule has 0 aliphatic rings. The van der Waals surface area contributed by atoms with E-state index in [-0.39, 0.29) is 12.5 Å². The van der Waals surface area contributed by atoms with Crippen molar-refractivity contribution in [3.63, 3.8) is 0 Å². The van der Waals surface area contributed by atoms with Gasteiger partial charge in [0, 0.05) is 13.6 Å². The first kappa shape index (κ1) is 13.8. The fourth-order valence-corrected chi connectivity index (χ4v) is 1.70. The first-order valence-electron chi connectivity index (χ1n) is 5.13. The molecule has 0 unspecified atom stereocenters. The van der Waals surface area contributed by atoms with Crippen molar-refractivity contribution in [3.8, 4) is 11.8 Å². The maximum Gasteiger partial charge on any atom is 0.260 e. The van der Waals surface area contributed by atoms with Crippen molar-refractivity contribution in [1.82, 2.24) is 4.90 Å². The van der Waals surface area contributed by atoms with Crippen molar-refractivity contribution in [2.45, 2.75) is 6.42 Å². The van der Waals surface area contributed by atoms with Gasteiger partial charge in [-0.3, -0.25) is 4.79 Å². The van der Waals surface area contributed by atoms with Crippen molar-refractivity contribution in [2.75, 3.05) is 20.2 Å². The zero-order valence-corrected chi connectivity index (χ0v) is 11.7. The van der Waals surface area contributed by atoms with Crippen LogP contribution < -0.4 is 4.74 Å². The zero-order chi connectivity index (χ0) is 12.7. The number of amides is 1. The molecule has 0 atom stereocenters. The van der Waals surface area contributed by atoms with Crippen LogP contribution in [0.25, 0.3) is 0 Å². The third-order valence-corrected chi connectivity index (χ3v) is 3.06. The lowest BCUT2D eigenvalue weighted by atomic mass is 10.3. The number of para-hydroxylation sites is 1. The summed E-state index contributed by atoms with van der Waals surface area (Å²) >= 11 is 2.15. The van der Waals surface area contributed by atoms with Crippen molar-refractivity contribution in [2.24, 2.45) is 0 Å². The van der Waals surface area contributed by atoms with E-state index >= 15 is 0 Å². The molecule has 17 heavy (non-hydrogen) atoms. The number of carbonyl (C=O) groups excluding carboxylic acids is 1. The van der Waals surface area contributed by atoms with Gasteiger partial charge in [0.1, 0.15) is 5.75 Å². The van der Waals surface area contributed by atoms with E-state index in [1.807, 2.05) is 30.3 Å². The molecule has 0 aliphatic heterocycles. The second kappa shape index (κ2) is 7.12. The van der Waals surface area contributed by atoms with E-state index in [4.69, 9.17) is 10.00 Å². The minimum absolute atomic E-state index is 0.00193. The molecule has 1 rings (SSSR count). The summed E-state index contributed by atoms with van der Waals surface area (Å²) in [5.41, 5.74) is 0. The smallest absolute Gasteiger partial charge is 0.260 e. The lowest BCUT2D eigenvalue weighted by Gasteiger charge is -2.16. The third-order valence-electron chi connectivity index (χ3n) is 2.17. The van der Waals surface area contributed by atoms with E-state index < -0.39 is 0 Å². The molecular weight excluding hydrogens is 331 g/mol. The summed E-state index contributed by atoms with van der Waals surface area (Å²) in [6.07, 6.45) is 0.338. The highest BCUT2D eigenvalue weighted by Gasteiger charge is 2.09. The average Bonchev–Trinajstić information content (AvgIpc) is 2.34. The van der Waals surface area contributed by atoms with Crippen LogP contribution in [0.5, 0.6) is 5.75 Å². The number of halogens is 1. The minimum atomic E-state index is -0.125. The van der Waals surface area contributed by atoms with E-state index in [9.17, 15) is 4.79 Å². The lowest BCUT2D eigenvalue weighted by Crippen LogP contribution is -2.32. The molecule has 0 aromatic heterocycles. The Hall–Kier alpha value is -1.29. The normalized spacial score (nSPS) is 9.47. The second-order valence-corrected chi connectivity index (χ2v) is 4.60. The van der Waals surface area contributed by atoms with Crippen LogP contribution in [0.15, 0.2) is 24.3 Å². The molecule has 90 valence electrons. The molecule has 0 bridgehead atoms. The maximum absolute atomic E-state index is 11.6. The van der Waals surface area contributed by atoms with Gasteiger partial charge in [0.2, 0.25) is 0 Å². The summed E-state index contributed by atoms with van der Waals surface area (Å²) in [6.45, 7) is 0.437. The molecule has 0 radical (unpaired) electrons. The Kier molecular flexibility index (Phi) is 5.77. The maximum atomic E-state index is 11.6. The van der Waals surface area contributed by atoms with Gasteiger partial charge in [0.15, 0.2) is 6.61 Å². The third kappa shape index (κ3) is 4.61. The molecule has 0 N–H and O–H groups in total. The SMILES string of the molecule is CN(CCC#N)C(=O)COc1ccccc1I. The van der Waals surface area contributed by atoms with Crippen LogP contribution in [0, 0.1) is 14.9 Å². The summed E-state index contributed by atoms with van der Waals surface area (Å²) in [6, 6.07) is 9.52. The number of ether oxygens (including phenoxy) is 1. The molecule has 0 fully saturated rings. The number of carbonyl (C=O) groups is 1. The van der Waals surface area contributed by atoms with Gasteiger partial charge in [-0.05, 0) is 34.7 Å². The van der Waals surface area contributed by atoms with Crippen LogP contribution in [0.3, 0.4) is 0 Å². The number of nitriles is 1. The van der Waals surface area contributed by atoms with Gasteiger partial charge in [-0.2, -0.15) is 5.26 Å². The van der Waals surface area contributed by atoms with Gasteiger partial charge < -0.3 is 9.64 Å². The number of nitrogens with zero attached hydrogens (tertiary/aromatic N) is 2. The Morgan fingerprint density at radius 2 is 2.24 bits per heavy atom. The van der Waals surface area contributed by atoms with Gasteiger partial charge in [-0.1, -0.05) is 12.1 Å². The summed E-state index contributed by atoms with van der Waals surface area (Å²) in [5.74, 6) is 0.579. The van der Waals surface area contributed by atoms with Crippen LogP contribution >= 0.6 is 22.6 Å². The zero-order valence-electron chi connectivity index (χ0n) is 9.52. The summed E-state index contributed by atoms with van der Waals surface area (Å²) in [4.78, 5) is 13.1. The highest BCUT2D eigenvalue weighted by molar-refractivity contribution is 14.1. The van der Waals surface area contributed by atoms with Crippen LogP contribution in [-0.2, 0) is 4.79 Å². The second-order valence-electron chi connectivity index (χ2n) is 3.44. The monoisotopic (exact) mass is 344 g/mol. The quantitative estimate of drug-likeness (QED) is 0.769. The van der Waals surface area contributed by atoms with Gasteiger partial charge in [-0.15, -0.1) is 0 Å². The van der Waals surface area contributed by atoms with Crippen LogP contribution in [0.2, 0.25) is 0 Å². The van der Waals surface area contributed by atoms with Crippen LogP contribution in [-0.4, -0.2) is 31.0 Å². The Labute approximate surface area is 114 Å². The van der Waals surface area contributed by atoms with E-state index in [2.05, 4.69) is 22.6 Å². The van der Waals surface area contributed by atoms with Crippen LogP contribution in [0.4, 0.5) is 0 Å².